The fourth-order valence-electron chi connectivity index (χ4n) is 2.29. The lowest BCUT2D eigenvalue weighted by Crippen LogP contribution is -2.34. The van der Waals surface area contributed by atoms with Crippen LogP contribution in [-0.4, -0.2) is 41.3 Å². The molecule has 2 rings (SSSR count). The maximum atomic E-state index is 13.4. The molecule has 2 aromatic rings. The number of methoxy groups -OCH3 is 1. The van der Waals surface area contributed by atoms with Crippen molar-refractivity contribution in [2.24, 2.45) is 0 Å². The minimum Gasteiger partial charge on any atom is -0.497 e. The molecule has 8 heteroatoms. The Morgan fingerprint density at radius 2 is 1.81 bits per heavy atom. The number of aliphatic carboxylic acids is 1. The standard InChI is InChI=1S/C19H19F2NO4S/c1-26-14-3-5-15(6-4-14)27-12-18(23)22(9-8-19(24)25)11-13-2-7-16(20)17(21)10-13/h2-7,10H,8-9,11-12H2,1H3,(H,24,25). The van der Waals surface area contributed by atoms with Gasteiger partial charge < -0.3 is 14.7 Å². The fourth-order valence-corrected chi connectivity index (χ4v) is 3.09. The molecule has 0 aliphatic carbocycles. The van der Waals surface area contributed by atoms with E-state index < -0.39 is 17.6 Å². The summed E-state index contributed by atoms with van der Waals surface area (Å²) in [5.74, 6) is -2.52. The maximum Gasteiger partial charge on any atom is 0.305 e. The predicted octanol–water partition coefficient (Wildman–Crippen LogP) is 3.57. The molecule has 0 aromatic heterocycles. The van der Waals surface area contributed by atoms with Crippen LogP contribution >= 0.6 is 11.8 Å². The molecule has 1 N–H and O–H groups in total. The third-order valence-corrected chi connectivity index (χ3v) is 4.72. The summed E-state index contributed by atoms with van der Waals surface area (Å²) in [7, 11) is 1.56. The molecular weight excluding hydrogens is 376 g/mol. The highest BCUT2D eigenvalue weighted by atomic mass is 32.2. The molecule has 0 aliphatic heterocycles. The van der Waals surface area contributed by atoms with E-state index >= 15 is 0 Å². The minimum atomic E-state index is -1.04. The number of hydrogen-bond donors (Lipinski definition) is 1. The lowest BCUT2D eigenvalue weighted by atomic mass is 10.2. The highest BCUT2D eigenvalue weighted by Crippen LogP contribution is 2.22. The van der Waals surface area contributed by atoms with E-state index in [4.69, 9.17) is 9.84 Å². The molecular formula is C19H19F2NO4S. The largest absolute Gasteiger partial charge is 0.497 e. The highest BCUT2D eigenvalue weighted by Gasteiger charge is 2.17. The van der Waals surface area contributed by atoms with Gasteiger partial charge in [-0.1, -0.05) is 6.07 Å². The topological polar surface area (TPSA) is 66.8 Å². The van der Waals surface area contributed by atoms with Crippen molar-refractivity contribution in [2.75, 3.05) is 19.4 Å². The number of benzene rings is 2. The quantitative estimate of drug-likeness (QED) is 0.658. The first-order valence-corrected chi connectivity index (χ1v) is 9.08. The van der Waals surface area contributed by atoms with Crippen molar-refractivity contribution in [3.8, 4) is 5.75 Å². The van der Waals surface area contributed by atoms with Gasteiger partial charge in [-0.25, -0.2) is 8.78 Å². The number of thioether (sulfide) groups is 1. The van der Waals surface area contributed by atoms with E-state index in [0.29, 0.717) is 11.3 Å². The van der Waals surface area contributed by atoms with Gasteiger partial charge in [0, 0.05) is 18.0 Å². The summed E-state index contributed by atoms with van der Waals surface area (Å²) < 4.78 is 31.5. The smallest absolute Gasteiger partial charge is 0.305 e. The zero-order valence-corrected chi connectivity index (χ0v) is 15.5. The fraction of sp³-hybridized carbons (Fsp3) is 0.263. The molecule has 0 bridgehead atoms. The van der Waals surface area contributed by atoms with Crippen molar-refractivity contribution >= 4 is 23.6 Å². The molecule has 0 saturated carbocycles. The summed E-state index contributed by atoms with van der Waals surface area (Å²) >= 11 is 1.30. The molecule has 2 aromatic carbocycles. The number of amides is 1. The van der Waals surface area contributed by atoms with Gasteiger partial charge >= 0.3 is 5.97 Å². The molecule has 5 nitrogen and oxygen atoms in total. The first-order chi connectivity index (χ1) is 12.9. The summed E-state index contributed by atoms with van der Waals surface area (Å²) in [6, 6.07) is 10.5. The minimum absolute atomic E-state index is 0.00643. The van der Waals surface area contributed by atoms with Crippen molar-refractivity contribution in [1.29, 1.82) is 0 Å². The lowest BCUT2D eigenvalue weighted by Gasteiger charge is -2.22. The van der Waals surface area contributed by atoms with E-state index in [0.717, 1.165) is 17.0 Å². The van der Waals surface area contributed by atoms with Crippen LogP contribution in [0.4, 0.5) is 8.78 Å². The van der Waals surface area contributed by atoms with E-state index in [1.54, 1.807) is 19.2 Å². The molecule has 1 amide bonds. The normalized spacial score (nSPS) is 10.5. The number of carbonyl (C=O) groups is 2. The summed E-state index contributed by atoms with van der Waals surface area (Å²) in [6.45, 7) is -0.0111. The van der Waals surface area contributed by atoms with Crippen molar-refractivity contribution in [2.45, 2.75) is 17.9 Å². The molecule has 0 spiro atoms. The van der Waals surface area contributed by atoms with Crippen molar-refractivity contribution in [3.05, 3.63) is 59.7 Å². The maximum absolute atomic E-state index is 13.4. The van der Waals surface area contributed by atoms with E-state index in [2.05, 4.69) is 0 Å². The number of halogens is 2. The van der Waals surface area contributed by atoms with Crippen molar-refractivity contribution in [3.63, 3.8) is 0 Å². The zero-order chi connectivity index (χ0) is 19.8. The second kappa shape index (κ2) is 9.91. The SMILES string of the molecule is COc1ccc(SCC(=O)N(CCC(=O)O)Cc2ccc(F)c(F)c2)cc1. The van der Waals surface area contributed by atoms with E-state index in [1.165, 1.54) is 22.7 Å². The molecule has 27 heavy (non-hydrogen) atoms. The number of nitrogens with zero attached hydrogens (tertiary/aromatic N) is 1. The molecule has 144 valence electrons. The van der Waals surface area contributed by atoms with Gasteiger partial charge in [0.25, 0.3) is 0 Å². The van der Waals surface area contributed by atoms with Gasteiger partial charge in [0.05, 0.1) is 19.3 Å². The van der Waals surface area contributed by atoms with Gasteiger partial charge in [0.1, 0.15) is 5.75 Å². The molecule has 0 unspecified atom stereocenters. The lowest BCUT2D eigenvalue weighted by molar-refractivity contribution is -0.138. The Balaban J connectivity index is 2.03. The Bertz CT molecular complexity index is 799. The van der Waals surface area contributed by atoms with Gasteiger partial charge in [-0.05, 0) is 42.0 Å². The summed E-state index contributed by atoms with van der Waals surface area (Å²) in [5, 5.41) is 8.88. The number of carbonyl (C=O) groups excluding carboxylic acids is 1. The molecule has 0 fully saturated rings. The van der Waals surface area contributed by atoms with Crippen LogP contribution in [0.5, 0.6) is 5.75 Å². The first-order valence-electron chi connectivity index (χ1n) is 8.09. The molecule has 0 saturated heterocycles. The summed E-state index contributed by atoms with van der Waals surface area (Å²) in [4.78, 5) is 25.6. The first kappa shape index (κ1) is 20.7. The molecule has 0 heterocycles. The average molecular weight is 395 g/mol. The van der Waals surface area contributed by atoms with E-state index in [1.807, 2.05) is 12.1 Å². The van der Waals surface area contributed by atoms with Crippen LogP contribution in [0.25, 0.3) is 0 Å². The van der Waals surface area contributed by atoms with Crippen LogP contribution < -0.4 is 4.74 Å². The van der Waals surface area contributed by atoms with Crippen LogP contribution in [0, 0.1) is 11.6 Å². The van der Waals surface area contributed by atoms with Crippen LogP contribution in [0.3, 0.4) is 0 Å². The predicted molar refractivity (Wildman–Crippen MR) is 97.7 cm³/mol. The van der Waals surface area contributed by atoms with E-state index in [9.17, 15) is 18.4 Å². The number of hydrogen-bond acceptors (Lipinski definition) is 4. The number of rotatable bonds is 9. The van der Waals surface area contributed by atoms with Crippen LogP contribution in [0.15, 0.2) is 47.4 Å². The van der Waals surface area contributed by atoms with Crippen LogP contribution in [0.2, 0.25) is 0 Å². The Morgan fingerprint density at radius 3 is 2.41 bits per heavy atom. The van der Waals surface area contributed by atoms with Crippen LogP contribution in [-0.2, 0) is 16.1 Å². The molecule has 0 aliphatic rings. The second-order valence-electron chi connectivity index (χ2n) is 5.67. The van der Waals surface area contributed by atoms with Crippen molar-refractivity contribution in [1.82, 2.24) is 4.90 Å². The summed E-state index contributed by atoms with van der Waals surface area (Å²) in [5.41, 5.74) is 0.391. The Labute approximate surface area is 159 Å². The van der Waals surface area contributed by atoms with E-state index in [-0.39, 0.29) is 31.2 Å². The van der Waals surface area contributed by atoms with Gasteiger partial charge in [-0.15, -0.1) is 11.8 Å². The highest BCUT2D eigenvalue weighted by molar-refractivity contribution is 8.00. The Kier molecular flexibility index (Phi) is 7.60. The van der Waals surface area contributed by atoms with Crippen LogP contribution in [0.1, 0.15) is 12.0 Å². The van der Waals surface area contributed by atoms with Gasteiger partial charge in [-0.2, -0.15) is 0 Å². The number of carboxylic acids is 1. The number of ether oxygens (including phenoxy) is 1. The Morgan fingerprint density at radius 1 is 1.11 bits per heavy atom. The third-order valence-electron chi connectivity index (χ3n) is 3.73. The number of carboxylic acid groups (broad SMARTS) is 1. The monoisotopic (exact) mass is 395 g/mol. The van der Waals surface area contributed by atoms with Gasteiger partial charge in [0.15, 0.2) is 11.6 Å². The molecule has 0 atom stereocenters. The summed E-state index contributed by atoms with van der Waals surface area (Å²) in [6.07, 6.45) is -0.234. The third kappa shape index (κ3) is 6.56. The Hall–Kier alpha value is -2.61. The molecule has 0 radical (unpaired) electrons. The second-order valence-corrected chi connectivity index (χ2v) is 6.72. The average Bonchev–Trinajstić information content (AvgIpc) is 2.66. The zero-order valence-electron chi connectivity index (χ0n) is 14.7. The van der Waals surface area contributed by atoms with Gasteiger partial charge in [0.2, 0.25) is 5.91 Å². The van der Waals surface area contributed by atoms with Gasteiger partial charge in [-0.3, -0.25) is 9.59 Å². The van der Waals surface area contributed by atoms with Crippen molar-refractivity contribution < 1.29 is 28.2 Å².